The van der Waals surface area contributed by atoms with Crippen LogP contribution in [0, 0.1) is 0 Å². The molecule has 0 atom stereocenters. The molecule has 0 aromatic carbocycles. The quantitative estimate of drug-likeness (QED) is 0.768. The van der Waals surface area contributed by atoms with Crippen LogP contribution < -0.4 is 5.32 Å². The zero-order valence-electron chi connectivity index (χ0n) is 8.95. The van der Waals surface area contributed by atoms with Crippen molar-refractivity contribution in [1.82, 2.24) is 15.1 Å². The van der Waals surface area contributed by atoms with Gasteiger partial charge in [-0.1, -0.05) is 0 Å². The lowest BCUT2D eigenvalue weighted by Crippen LogP contribution is -2.15. The van der Waals surface area contributed by atoms with Gasteiger partial charge in [0.1, 0.15) is 0 Å². The van der Waals surface area contributed by atoms with E-state index < -0.39 is 5.97 Å². The predicted molar refractivity (Wildman–Crippen MR) is 54.5 cm³/mol. The molecule has 15 heavy (non-hydrogen) atoms. The first-order valence-electron chi connectivity index (χ1n) is 5.11. The van der Waals surface area contributed by atoms with Gasteiger partial charge in [-0.15, -0.1) is 0 Å². The predicted octanol–water partition coefficient (Wildman–Crippen LogP) is 0.694. The monoisotopic (exact) mass is 209 g/mol. The van der Waals surface area contributed by atoms with Crippen molar-refractivity contribution < 1.29 is 9.90 Å². The van der Waals surface area contributed by atoms with E-state index >= 15 is 0 Å². The first-order chi connectivity index (χ1) is 7.09. The molecule has 1 aliphatic heterocycles. The molecule has 0 fully saturated rings. The van der Waals surface area contributed by atoms with Crippen LogP contribution in [-0.4, -0.2) is 20.9 Å². The van der Waals surface area contributed by atoms with Crippen LogP contribution in [-0.2, 0) is 24.3 Å². The van der Waals surface area contributed by atoms with Crippen LogP contribution in [0.5, 0.6) is 0 Å². The van der Waals surface area contributed by atoms with Gasteiger partial charge in [0.2, 0.25) is 0 Å². The molecule has 0 aliphatic carbocycles. The lowest BCUT2D eigenvalue weighted by molar-refractivity contribution is -0.136. The Balaban J connectivity index is 2.43. The SMILES string of the molecule is CC(C)n1nc2c(c1CC(=O)O)CNC2. The van der Waals surface area contributed by atoms with E-state index in [2.05, 4.69) is 10.4 Å². The van der Waals surface area contributed by atoms with E-state index in [9.17, 15) is 4.79 Å². The molecule has 0 amide bonds. The molecule has 0 saturated heterocycles. The molecule has 0 bridgehead atoms. The molecular weight excluding hydrogens is 194 g/mol. The number of fused-ring (bicyclic) bond motifs is 1. The normalized spacial score (nSPS) is 14.6. The van der Waals surface area contributed by atoms with Crippen molar-refractivity contribution in [2.24, 2.45) is 0 Å². The fourth-order valence-electron chi connectivity index (χ4n) is 1.97. The number of hydrogen-bond acceptors (Lipinski definition) is 3. The Hall–Kier alpha value is -1.36. The lowest BCUT2D eigenvalue weighted by atomic mass is 10.1. The van der Waals surface area contributed by atoms with Crippen molar-refractivity contribution in [3.05, 3.63) is 17.0 Å². The molecule has 1 aromatic heterocycles. The summed E-state index contributed by atoms with van der Waals surface area (Å²) in [4.78, 5) is 10.8. The smallest absolute Gasteiger partial charge is 0.309 e. The summed E-state index contributed by atoms with van der Waals surface area (Å²) in [6.07, 6.45) is 0.0577. The zero-order chi connectivity index (χ0) is 11.0. The van der Waals surface area contributed by atoms with Crippen molar-refractivity contribution in [2.45, 2.75) is 39.4 Å². The number of carboxylic acid groups (broad SMARTS) is 1. The highest BCUT2D eigenvalue weighted by Gasteiger charge is 2.23. The summed E-state index contributed by atoms with van der Waals surface area (Å²) in [5.74, 6) is -0.800. The molecule has 2 N–H and O–H groups in total. The second-order valence-corrected chi connectivity index (χ2v) is 4.08. The van der Waals surface area contributed by atoms with E-state index in [0.717, 1.165) is 30.0 Å². The second kappa shape index (κ2) is 3.66. The number of nitrogens with one attached hydrogen (secondary N) is 1. The first kappa shape index (κ1) is 10.2. The summed E-state index contributed by atoms with van der Waals surface area (Å²) in [6.45, 7) is 5.52. The maximum atomic E-state index is 10.8. The van der Waals surface area contributed by atoms with Gasteiger partial charge in [0.15, 0.2) is 0 Å². The Morgan fingerprint density at radius 2 is 2.33 bits per heavy atom. The topological polar surface area (TPSA) is 67.2 Å². The third-order valence-corrected chi connectivity index (χ3v) is 2.60. The Bertz CT molecular complexity index is 396. The van der Waals surface area contributed by atoms with Crippen LogP contribution in [0.25, 0.3) is 0 Å². The van der Waals surface area contributed by atoms with Crippen molar-refractivity contribution in [1.29, 1.82) is 0 Å². The van der Waals surface area contributed by atoms with Gasteiger partial charge in [0.05, 0.1) is 17.8 Å². The molecule has 1 aliphatic rings. The van der Waals surface area contributed by atoms with E-state index in [-0.39, 0.29) is 12.5 Å². The third kappa shape index (κ3) is 1.74. The van der Waals surface area contributed by atoms with E-state index in [1.54, 1.807) is 0 Å². The van der Waals surface area contributed by atoms with Gasteiger partial charge in [-0.05, 0) is 13.8 Å². The van der Waals surface area contributed by atoms with Crippen LogP contribution in [0.15, 0.2) is 0 Å². The van der Waals surface area contributed by atoms with Gasteiger partial charge in [0.25, 0.3) is 0 Å². The summed E-state index contributed by atoms with van der Waals surface area (Å²) >= 11 is 0. The maximum absolute atomic E-state index is 10.8. The minimum absolute atomic E-state index is 0.0577. The Labute approximate surface area is 88.1 Å². The Morgan fingerprint density at radius 3 is 2.93 bits per heavy atom. The van der Waals surface area contributed by atoms with Crippen LogP contribution >= 0.6 is 0 Å². The number of nitrogens with zero attached hydrogens (tertiary/aromatic N) is 2. The van der Waals surface area contributed by atoms with Crippen molar-refractivity contribution >= 4 is 5.97 Å². The minimum atomic E-state index is -0.800. The zero-order valence-corrected chi connectivity index (χ0v) is 8.95. The van der Waals surface area contributed by atoms with Gasteiger partial charge in [-0.3, -0.25) is 9.48 Å². The van der Waals surface area contributed by atoms with Gasteiger partial charge < -0.3 is 10.4 Å². The van der Waals surface area contributed by atoms with Gasteiger partial charge in [0, 0.05) is 24.7 Å². The number of carboxylic acids is 1. The summed E-state index contributed by atoms with van der Waals surface area (Å²) in [5.41, 5.74) is 2.92. The number of hydrogen-bond donors (Lipinski definition) is 2. The average molecular weight is 209 g/mol. The van der Waals surface area contributed by atoms with Crippen molar-refractivity contribution in [3.63, 3.8) is 0 Å². The van der Waals surface area contributed by atoms with Crippen LogP contribution in [0.2, 0.25) is 0 Å². The van der Waals surface area contributed by atoms with E-state index in [1.807, 2.05) is 18.5 Å². The third-order valence-electron chi connectivity index (χ3n) is 2.60. The Kier molecular flexibility index (Phi) is 2.48. The number of aromatic nitrogens is 2. The second-order valence-electron chi connectivity index (χ2n) is 4.08. The molecule has 2 heterocycles. The molecule has 1 aromatic rings. The molecule has 5 heteroatoms. The number of carbonyl (C=O) groups is 1. The van der Waals surface area contributed by atoms with Gasteiger partial charge in [-0.2, -0.15) is 5.10 Å². The van der Waals surface area contributed by atoms with E-state index in [1.165, 1.54) is 0 Å². The highest BCUT2D eigenvalue weighted by molar-refractivity contribution is 5.70. The molecule has 0 unspecified atom stereocenters. The standard InChI is InChI=1S/C10H15N3O2/c1-6(2)13-9(3-10(14)15)7-4-11-5-8(7)12-13/h6,11H,3-5H2,1-2H3,(H,14,15). The molecule has 0 radical (unpaired) electrons. The summed E-state index contributed by atoms with van der Waals surface area (Å²) in [6, 6.07) is 0.213. The molecule has 82 valence electrons. The van der Waals surface area contributed by atoms with Crippen LogP contribution in [0.1, 0.15) is 36.8 Å². The largest absolute Gasteiger partial charge is 0.481 e. The van der Waals surface area contributed by atoms with Crippen LogP contribution in [0.3, 0.4) is 0 Å². The number of rotatable bonds is 3. The van der Waals surface area contributed by atoms with Gasteiger partial charge in [-0.25, -0.2) is 0 Å². The minimum Gasteiger partial charge on any atom is -0.481 e. The summed E-state index contributed by atoms with van der Waals surface area (Å²) in [5, 5.41) is 16.5. The molecule has 0 spiro atoms. The molecule has 0 saturated carbocycles. The maximum Gasteiger partial charge on any atom is 0.309 e. The molecule has 5 nitrogen and oxygen atoms in total. The van der Waals surface area contributed by atoms with Crippen molar-refractivity contribution in [3.8, 4) is 0 Å². The Morgan fingerprint density at radius 1 is 1.60 bits per heavy atom. The highest BCUT2D eigenvalue weighted by atomic mass is 16.4. The van der Waals surface area contributed by atoms with Crippen LogP contribution in [0.4, 0.5) is 0 Å². The molecule has 2 rings (SSSR count). The van der Waals surface area contributed by atoms with Crippen molar-refractivity contribution in [2.75, 3.05) is 0 Å². The number of aliphatic carboxylic acids is 1. The molecular formula is C10H15N3O2. The first-order valence-corrected chi connectivity index (χ1v) is 5.11. The van der Waals surface area contributed by atoms with E-state index in [0.29, 0.717) is 0 Å². The average Bonchev–Trinajstić information content (AvgIpc) is 2.66. The van der Waals surface area contributed by atoms with Gasteiger partial charge >= 0.3 is 5.97 Å². The lowest BCUT2D eigenvalue weighted by Gasteiger charge is -2.11. The van der Waals surface area contributed by atoms with E-state index in [4.69, 9.17) is 5.11 Å². The fourth-order valence-corrected chi connectivity index (χ4v) is 1.97. The fraction of sp³-hybridized carbons (Fsp3) is 0.600. The summed E-state index contributed by atoms with van der Waals surface area (Å²) < 4.78 is 1.83. The summed E-state index contributed by atoms with van der Waals surface area (Å²) in [7, 11) is 0. The highest BCUT2D eigenvalue weighted by Crippen LogP contribution is 2.22.